The maximum absolute atomic E-state index is 10.9. The molecule has 3 heteroatoms. The summed E-state index contributed by atoms with van der Waals surface area (Å²) in [6, 6.07) is 6.36. The van der Waals surface area contributed by atoms with E-state index in [2.05, 4.69) is 42.0 Å². The molecule has 3 nitrogen and oxygen atoms in total. The third kappa shape index (κ3) is 2.86. The first kappa shape index (κ1) is 12.6. The van der Waals surface area contributed by atoms with E-state index in [-0.39, 0.29) is 5.78 Å². The molecule has 1 N–H and O–H groups in total. The van der Waals surface area contributed by atoms with Crippen molar-refractivity contribution in [3.63, 3.8) is 0 Å². The Morgan fingerprint density at radius 3 is 2.78 bits per heavy atom. The predicted octanol–water partition coefficient (Wildman–Crippen LogP) is 3.22. The van der Waals surface area contributed by atoms with Crippen LogP contribution in [0.15, 0.2) is 24.4 Å². The summed E-state index contributed by atoms with van der Waals surface area (Å²) in [6.07, 6.45) is 3.06. The lowest BCUT2D eigenvalue weighted by molar-refractivity contribution is -0.117. The summed E-state index contributed by atoms with van der Waals surface area (Å²) in [6.45, 7) is 5.79. The van der Waals surface area contributed by atoms with Gasteiger partial charge < -0.3 is 9.78 Å². The van der Waals surface area contributed by atoms with Crippen LogP contribution in [0.25, 0.3) is 11.3 Å². The van der Waals surface area contributed by atoms with Crippen molar-refractivity contribution in [2.45, 2.75) is 33.6 Å². The number of aromatic nitrogens is 2. The Labute approximate surface area is 107 Å². The van der Waals surface area contributed by atoms with E-state index in [0.717, 1.165) is 11.5 Å². The number of aryl methyl sites for hydroxylation is 3. The molecule has 2 rings (SSSR count). The van der Waals surface area contributed by atoms with Crippen LogP contribution < -0.4 is 0 Å². The number of ketones is 1. The van der Waals surface area contributed by atoms with Gasteiger partial charge in [-0.1, -0.05) is 23.8 Å². The molecular weight excluding hydrogens is 224 g/mol. The Balaban J connectivity index is 2.21. The molecule has 0 saturated carbocycles. The van der Waals surface area contributed by atoms with E-state index in [0.29, 0.717) is 12.8 Å². The minimum Gasteiger partial charge on any atom is -0.342 e. The fraction of sp³-hybridized carbons (Fsp3) is 0.333. The lowest BCUT2D eigenvalue weighted by Crippen LogP contribution is -1.95. The standard InChI is InChI=1S/C15H18N2O/c1-10-4-6-13(11(2)8-10)14-9-16-15(17-14)7-5-12(3)18/h4,6,8-9H,5,7H2,1-3H3,(H,16,17). The topological polar surface area (TPSA) is 45.8 Å². The van der Waals surface area contributed by atoms with Gasteiger partial charge in [0.15, 0.2) is 0 Å². The number of benzene rings is 1. The second kappa shape index (κ2) is 5.17. The van der Waals surface area contributed by atoms with Crippen LogP contribution in [0, 0.1) is 13.8 Å². The first-order valence-corrected chi connectivity index (χ1v) is 6.17. The molecule has 0 aliphatic rings. The number of rotatable bonds is 4. The van der Waals surface area contributed by atoms with Crippen molar-refractivity contribution in [3.05, 3.63) is 41.3 Å². The molecule has 0 fully saturated rings. The quantitative estimate of drug-likeness (QED) is 0.894. The second-order valence-electron chi connectivity index (χ2n) is 4.76. The van der Waals surface area contributed by atoms with Gasteiger partial charge in [-0.2, -0.15) is 0 Å². The predicted molar refractivity (Wildman–Crippen MR) is 72.5 cm³/mol. The molecule has 0 atom stereocenters. The van der Waals surface area contributed by atoms with Crippen molar-refractivity contribution in [1.29, 1.82) is 0 Å². The summed E-state index contributed by atoms with van der Waals surface area (Å²) in [5.41, 5.74) is 4.68. The van der Waals surface area contributed by atoms with Crippen LogP contribution in [-0.4, -0.2) is 15.8 Å². The van der Waals surface area contributed by atoms with Gasteiger partial charge in [-0.05, 0) is 26.3 Å². The maximum Gasteiger partial charge on any atom is 0.130 e. The fourth-order valence-corrected chi connectivity index (χ4v) is 2.04. The van der Waals surface area contributed by atoms with Gasteiger partial charge in [0.05, 0.1) is 11.9 Å². The average Bonchev–Trinajstić information content (AvgIpc) is 2.75. The molecular formula is C15H18N2O. The number of nitrogens with one attached hydrogen (secondary N) is 1. The normalized spacial score (nSPS) is 10.6. The largest absolute Gasteiger partial charge is 0.342 e. The van der Waals surface area contributed by atoms with E-state index in [1.807, 2.05) is 6.20 Å². The van der Waals surface area contributed by atoms with E-state index in [4.69, 9.17) is 0 Å². The number of hydrogen-bond donors (Lipinski definition) is 1. The first-order chi connectivity index (χ1) is 8.56. The molecule has 0 aliphatic heterocycles. The Kier molecular flexibility index (Phi) is 3.60. The molecule has 0 aliphatic carbocycles. The Morgan fingerprint density at radius 1 is 1.33 bits per heavy atom. The fourth-order valence-electron chi connectivity index (χ4n) is 2.04. The van der Waals surface area contributed by atoms with E-state index >= 15 is 0 Å². The zero-order chi connectivity index (χ0) is 13.1. The van der Waals surface area contributed by atoms with Crippen LogP contribution in [0.5, 0.6) is 0 Å². The van der Waals surface area contributed by atoms with Crippen molar-refractivity contribution in [1.82, 2.24) is 9.97 Å². The van der Waals surface area contributed by atoms with Gasteiger partial charge in [0.2, 0.25) is 0 Å². The highest BCUT2D eigenvalue weighted by Crippen LogP contribution is 2.22. The number of carbonyl (C=O) groups is 1. The Morgan fingerprint density at radius 2 is 2.11 bits per heavy atom. The van der Waals surface area contributed by atoms with E-state index in [1.165, 1.54) is 16.7 Å². The summed E-state index contributed by atoms with van der Waals surface area (Å²) >= 11 is 0. The zero-order valence-electron chi connectivity index (χ0n) is 11.1. The number of H-pyrrole nitrogens is 1. The van der Waals surface area contributed by atoms with Crippen molar-refractivity contribution in [3.8, 4) is 11.3 Å². The minimum absolute atomic E-state index is 0.194. The molecule has 94 valence electrons. The number of hydrogen-bond acceptors (Lipinski definition) is 2. The molecule has 2 aromatic rings. The van der Waals surface area contributed by atoms with Gasteiger partial charge in [-0.25, -0.2) is 4.98 Å². The minimum atomic E-state index is 0.194. The lowest BCUT2D eigenvalue weighted by Gasteiger charge is -2.04. The molecule has 18 heavy (non-hydrogen) atoms. The van der Waals surface area contributed by atoms with Crippen molar-refractivity contribution in [2.75, 3.05) is 0 Å². The van der Waals surface area contributed by atoms with Crippen LogP contribution in [0.2, 0.25) is 0 Å². The number of nitrogens with zero attached hydrogens (tertiary/aromatic N) is 1. The Bertz CT molecular complexity index is 570. The second-order valence-corrected chi connectivity index (χ2v) is 4.76. The van der Waals surface area contributed by atoms with Gasteiger partial charge in [0.25, 0.3) is 0 Å². The van der Waals surface area contributed by atoms with E-state index in [9.17, 15) is 4.79 Å². The molecule has 0 spiro atoms. The maximum atomic E-state index is 10.9. The number of Topliss-reactive ketones (excluding diaryl/α,β-unsaturated/α-hetero) is 1. The number of aromatic amines is 1. The number of carbonyl (C=O) groups excluding carboxylic acids is 1. The molecule has 1 aromatic carbocycles. The molecule has 0 saturated heterocycles. The van der Waals surface area contributed by atoms with Crippen molar-refractivity contribution in [2.24, 2.45) is 0 Å². The number of imidazole rings is 1. The van der Waals surface area contributed by atoms with Crippen molar-refractivity contribution < 1.29 is 4.79 Å². The van der Waals surface area contributed by atoms with Gasteiger partial charge in [-0.15, -0.1) is 0 Å². The highest BCUT2D eigenvalue weighted by molar-refractivity contribution is 5.75. The van der Waals surface area contributed by atoms with E-state index < -0.39 is 0 Å². The van der Waals surface area contributed by atoms with Crippen LogP contribution >= 0.6 is 0 Å². The molecule has 1 heterocycles. The summed E-state index contributed by atoms with van der Waals surface area (Å²) in [5, 5.41) is 0. The smallest absolute Gasteiger partial charge is 0.130 e. The third-order valence-electron chi connectivity index (χ3n) is 3.01. The third-order valence-corrected chi connectivity index (χ3v) is 3.01. The van der Waals surface area contributed by atoms with Crippen molar-refractivity contribution >= 4 is 5.78 Å². The van der Waals surface area contributed by atoms with E-state index in [1.54, 1.807) is 6.92 Å². The molecule has 0 bridgehead atoms. The van der Waals surface area contributed by atoms with Gasteiger partial charge >= 0.3 is 0 Å². The summed E-state index contributed by atoms with van der Waals surface area (Å²) in [4.78, 5) is 18.5. The summed E-state index contributed by atoms with van der Waals surface area (Å²) < 4.78 is 0. The van der Waals surface area contributed by atoms with Gasteiger partial charge in [0, 0.05) is 18.4 Å². The summed E-state index contributed by atoms with van der Waals surface area (Å²) in [5.74, 6) is 1.07. The van der Waals surface area contributed by atoms with Gasteiger partial charge in [-0.3, -0.25) is 0 Å². The van der Waals surface area contributed by atoms with Crippen LogP contribution in [0.1, 0.15) is 30.3 Å². The Hall–Kier alpha value is -1.90. The monoisotopic (exact) mass is 242 g/mol. The first-order valence-electron chi connectivity index (χ1n) is 6.17. The van der Waals surface area contributed by atoms with Crippen LogP contribution in [0.3, 0.4) is 0 Å². The molecule has 0 unspecified atom stereocenters. The SMILES string of the molecule is CC(=O)CCc1ncc(-c2ccc(C)cc2C)[nH]1. The summed E-state index contributed by atoms with van der Waals surface area (Å²) in [7, 11) is 0. The highest BCUT2D eigenvalue weighted by atomic mass is 16.1. The molecule has 0 amide bonds. The lowest BCUT2D eigenvalue weighted by atomic mass is 10.0. The van der Waals surface area contributed by atoms with Crippen LogP contribution in [0.4, 0.5) is 0 Å². The average molecular weight is 242 g/mol. The van der Waals surface area contributed by atoms with Crippen LogP contribution in [-0.2, 0) is 11.2 Å². The molecule has 0 radical (unpaired) electrons. The highest BCUT2D eigenvalue weighted by Gasteiger charge is 2.06. The van der Waals surface area contributed by atoms with Gasteiger partial charge in [0.1, 0.15) is 11.6 Å². The zero-order valence-corrected chi connectivity index (χ0v) is 11.1. The molecule has 1 aromatic heterocycles.